The molecule has 1 rings (SSSR count). The third-order valence-electron chi connectivity index (χ3n) is 3.40. The molecule has 1 fully saturated rings. The summed E-state index contributed by atoms with van der Waals surface area (Å²) in [6, 6.07) is 0.414. The van der Waals surface area contributed by atoms with E-state index in [1.807, 2.05) is 20.8 Å². The molecule has 1 saturated heterocycles. The smallest absolute Gasteiger partial charge is 0.409 e. The molecule has 6 heteroatoms. The molecule has 0 saturated carbocycles. The Morgan fingerprint density at radius 2 is 1.90 bits per heavy atom. The minimum atomic E-state index is -0.213. The van der Waals surface area contributed by atoms with E-state index in [-0.39, 0.29) is 17.9 Å². The van der Waals surface area contributed by atoms with Gasteiger partial charge in [0.05, 0.1) is 6.61 Å². The van der Waals surface area contributed by atoms with Gasteiger partial charge in [-0.2, -0.15) is 0 Å². The van der Waals surface area contributed by atoms with Crippen LogP contribution in [0.2, 0.25) is 0 Å². The molecule has 0 unspecified atom stereocenters. The number of hydrogen-bond donors (Lipinski definition) is 2. The first-order valence-electron chi connectivity index (χ1n) is 7.47. The summed E-state index contributed by atoms with van der Waals surface area (Å²) in [5.74, 6) is 0.117. The Morgan fingerprint density at radius 3 is 2.45 bits per heavy atom. The first kappa shape index (κ1) is 16.8. The highest BCUT2D eigenvalue weighted by Gasteiger charge is 2.22. The largest absolute Gasteiger partial charge is 0.450 e. The minimum absolute atomic E-state index is 0.0304. The maximum atomic E-state index is 11.5. The third-order valence-corrected chi connectivity index (χ3v) is 3.40. The van der Waals surface area contributed by atoms with Gasteiger partial charge in [0.25, 0.3) is 0 Å². The molecule has 0 radical (unpaired) electrons. The number of nitrogens with one attached hydrogen (secondary N) is 2. The van der Waals surface area contributed by atoms with Crippen molar-refractivity contribution in [2.75, 3.05) is 32.8 Å². The average molecular weight is 285 g/mol. The van der Waals surface area contributed by atoms with E-state index >= 15 is 0 Å². The SMILES string of the molecule is CCOC(=O)N1CCC(NCCNC(=O)C(C)C)CC1. The zero-order valence-corrected chi connectivity index (χ0v) is 12.8. The average Bonchev–Trinajstić information content (AvgIpc) is 2.44. The minimum Gasteiger partial charge on any atom is -0.450 e. The summed E-state index contributed by atoms with van der Waals surface area (Å²) < 4.78 is 4.98. The number of nitrogens with zero attached hydrogens (tertiary/aromatic N) is 1. The van der Waals surface area contributed by atoms with E-state index in [2.05, 4.69) is 10.6 Å². The monoisotopic (exact) mass is 285 g/mol. The van der Waals surface area contributed by atoms with Crippen LogP contribution in [0.1, 0.15) is 33.6 Å². The molecule has 0 spiro atoms. The first-order chi connectivity index (χ1) is 9.54. The van der Waals surface area contributed by atoms with Gasteiger partial charge in [-0.15, -0.1) is 0 Å². The topological polar surface area (TPSA) is 70.7 Å². The van der Waals surface area contributed by atoms with Crippen molar-refractivity contribution in [3.05, 3.63) is 0 Å². The molecule has 1 heterocycles. The maximum absolute atomic E-state index is 11.5. The Bertz CT molecular complexity index is 313. The second kappa shape index (κ2) is 8.79. The molecule has 0 atom stereocenters. The van der Waals surface area contributed by atoms with Gasteiger partial charge in [0.15, 0.2) is 0 Å². The van der Waals surface area contributed by atoms with Crippen LogP contribution in [-0.2, 0) is 9.53 Å². The zero-order valence-electron chi connectivity index (χ0n) is 12.8. The van der Waals surface area contributed by atoms with Crippen LogP contribution in [0, 0.1) is 5.92 Å². The predicted octanol–water partition coefficient (Wildman–Crippen LogP) is 0.969. The molecule has 2 N–H and O–H groups in total. The van der Waals surface area contributed by atoms with Crippen molar-refractivity contribution in [1.29, 1.82) is 0 Å². The van der Waals surface area contributed by atoms with Gasteiger partial charge < -0.3 is 20.3 Å². The first-order valence-corrected chi connectivity index (χ1v) is 7.47. The maximum Gasteiger partial charge on any atom is 0.409 e. The predicted molar refractivity (Wildman–Crippen MR) is 77.5 cm³/mol. The van der Waals surface area contributed by atoms with Crippen molar-refractivity contribution in [2.24, 2.45) is 5.92 Å². The molecule has 0 aliphatic carbocycles. The quantitative estimate of drug-likeness (QED) is 0.713. The van der Waals surface area contributed by atoms with Crippen LogP contribution >= 0.6 is 0 Å². The van der Waals surface area contributed by atoms with Crippen LogP contribution < -0.4 is 10.6 Å². The number of piperidine rings is 1. The molecule has 0 aromatic rings. The lowest BCUT2D eigenvalue weighted by Crippen LogP contribution is -2.46. The van der Waals surface area contributed by atoms with Crippen molar-refractivity contribution >= 4 is 12.0 Å². The molecule has 20 heavy (non-hydrogen) atoms. The van der Waals surface area contributed by atoms with Crippen LogP contribution in [0.3, 0.4) is 0 Å². The summed E-state index contributed by atoms with van der Waals surface area (Å²) in [6.45, 7) is 8.88. The standard InChI is InChI=1S/C14H27N3O3/c1-4-20-14(19)17-9-5-12(6-10-17)15-7-8-16-13(18)11(2)3/h11-12,15H,4-10H2,1-3H3,(H,16,18). The van der Waals surface area contributed by atoms with E-state index in [9.17, 15) is 9.59 Å². The highest BCUT2D eigenvalue weighted by molar-refractivity contribution is 5.77. The summed E-state index contributed by atoms with van der Waals surface area (Å²) in [5.41, 5.74) is 0. The van der Waals surface area contributed by atoms with E-state index in [4.69, 9.17) is 4.74 Å². The fourth-order valence-corrected chi connectivity index (χ4v) is 2.15. The molecule has 0 aromatic carbocycles. The molecule has 0 aromatic heterocycles. The van der Waals surface area contributed by atoms with Gasteiger partial charge in [-0.05, 0) is 19.8 Å². The molecular formula is C14H27N3O3. The molecular weight excluding hydrogens is 258 g/mol. The number of ether oxygens (including phenoxy) is 1. The lowest BCUT2D eigenvalue weighted by molar-refractivity contribution is -0.123. The van der Waals surface area contributed by atoms with Crippen LogP contribution in [0.5, 0.6) is 0 Å². The second-order valence-electron chi connectivity index (χ2n) is 5.36. The molecule has 2 amide bonds. The molecule has 1 aliphatic heterocycles. The van der Waals surface area contributed by atoms with E-state index in [0.717, 1.165) is 32.5 Å². The van der Waals surface area contributed by atoms with Crippen molar-refractivity contribution in [2.45, 2.75) is 39.7 Å². The van der Waals surface area contributed by atoms with Gasteiger partial charge in [-0.25, -0.2) is 4.79 Å². The van der Waals surface area contributed by atoms with Crippen molar-refractivity contribution in [3.8, 4) is 0 Å². The van der Waals surface area contributed by atoms with Gasteiger partial charge in [0.1, 0.15) is 0 Å². The van der Waals surface area contributed by atoms with Crippen LogP contribution in [0.15, 0.2) is 0 Å². The van der Waals surface area contributed by atoms with Gasteiger partial charge in [0.2, 0.25) is 5.91 Å². The fraction of sp³-hybridized carbons (Fsp3) is 0.857. The molecule has 1 aliphatic rings. The lowest BCUT2D eigenvalue weighted by Gasteiger charge is -2.31. The van der Waals surface area contributed by atoms with E-state index in [1.165, 1.54) is 0 Å². The van der Waals surface area contributed by atoms with Gasteiger partial charge in [-0.1, -0.05) is 13.8 Å². The lowest BCUT2D eigenvalue weighted by atomic mass is 10.1. The summed E-state index contributed by atoms with van der Waals surface area (Å²) in [6.07, 6.45) is 1.64. The van der Waals surface area contributed by atoms with E-state index in [0.29, 0.717) is 19.2 Å². The van der Waals surface area contributed by atoms with Crippen LogP contribution in [0.4, 0.5) is 4.79 Å². The number of rotatable bonds is 6. The molecule has 116 valence electrons. The molecule has 6 nitrogen and oxygen atoms in total. The summed E-state index contributed by atoms with van der Waals surface area (Å²) in [7, 11) is 0. The Balaban J connectivity index is 2.11. The highest BCUT2D eigenvalue weighted by atomic mass is 16.6. The van der Waals surface area contributed by atoms with Crippen LogP contribution in [0.25, 0.3) is 0 Å². The number of hydrogen-bond acceptors (Lipinski definition) is 4. The number of carbonyl (C=O) groups excluding carboxylic acids is 2. The Hall–Kier alpha value is -1.30. The Labute approximate surface area is 121 Å². The number of likely N-dealkylation sites (tertiary alicyclic amines) is 1. The second-order valence-corrected chi connectivity index (χ2v) is 5.36. The fourth-order valence-electron chi connectivity index (χ4n) is 2.15. The number of amides is 2. The van der Waals surface area contributed by atoms with Crippen molar-refractivity contribution in [1.82, 2.24) is 15.5 Å². The normalized spacial score (nSPS) is 16.3. The van der Waals surface area contributed by atoms with Crippen molar-refractivity contribution < 1.29 is 14.3 Å². The molecule has 0 bridgehead atoms. The highest BCUT2D eigenvalue weighted by Crippen LogP contribution is 2.11. The number of carbonyl (C=O) groups is 2. The Morgan fingerprint density at radius 1 is 1.25 bits per heavy atom. The van der Waals surface area contributed by atoms with E-state index in [1.54, 1.807) is 4.90 Å². The van der Waals surface area contributed by atoms with Crippen LogP contribution in [-0.4, -0.2) is 55.7 Å². The van der Waals surface area contributed by atoms with Gasteiger partial charge in [0, 0.05) is 38.1 Å². The van der Waals surface area contributed by atoms with Gasteiger partial charge >= 0.3 is 6.09 Å². The summed E-state index contributed by atoms with van der Waals surface area (Å²) in [4.78, 5) is 24.7. The zero-order chi connectivity index (χ0) is 15.0. The summed E-state index contributed by atoms with van der Waals surface area (Å²) >= 11 is 0. The van der Waals surface area contributed by atoms with Crippen molar-refractivity contribution in [3.63, 3.8) is 0 Å². The summed E-state index contributed by atoms with van der Waals surface area (Å²) in [5, 5.41) is 6.29. The van der Waals surface area contributed by atoms with E-state index < -0.39 is 0 Å². The Kier molecular flexibility index (Phi) is 7.36. The van der Waals surface area contributed by atoms with Gasteiger partial charge in [-0.3, -0.25) is 4.79 Å². The third kappa shape index (κ3) is 5.77.